The fourth-order valence-electron chi connectivity index (χ4n) is 2.04. The van der Waals surface area contributed by atoms with E-state index in [1.165, 1.54) is 4.90 Å². The minimum absolute atomic E-state index is 0.0552. The van der Waals surface area contributed by atoms with Gasteiger partial charge >= 0.3 is 5.97 Å². The summed E-state index contributed by atoms with van der Waals surface area (Å²) in [6.07, 6.45) is 4.51. The number of amides is 1. The molecule has 1 atom stereocenters. The maximum absolute atomic E-state index is 11.3. The molecule has 16 heavy (non-hydrogen) atoms. The summed E-state index contributed by atoms with van der Waals surface area (Å²) in [6, 6.07) is 0. The molecular weight excluding hydrogens is 226 g/mol. The summed E-state index contributed by atoms with van der Waals surface area (Å²) in [5, 5.41) is 9.18. The van der Waals surface area contributed by atoms with Crippen molar-refractivity contribution < 1.29 is 14.7 Å². The Labute approximate surface area is 98.7 Å². The number of β-lactam (4-membered cyclic amide) rings is 1. The molecule has 2 rings (SSSR count). The highest BCUT2D eigenvalue weighted by molar-refractivity contribution is 8.04. The summed E-state index contributed by atoms with van der Waals surface area (Å²) in [5.41, 5.74) is 0.238. The monoisotopic (exact) mass is 241 g/mol. The van der Waals surface area contributed by atoms with Crippen LogP contribution in [-0.2, 0) is 9.59 Å². The van der Waals surface area contributed by atoms with Gasteiger partial charge in [-0.2, -0.15) is 0 Å². The Balaban J connectivity index is 2.09. The van der Waals surface area contributed by atoms with Gasteiger partial charge in [-0.1, -0.05) is 19.8 Å². The average Bonchev–Trinajstić information content (AvgIpc) is 2.52. The molecule has 0 unspecified atom stereocenters. The first-order chi connectivity index (χ1) is 7.65. The molecule has 2 aliphatic heterocycles. The predicted octanol–water partition coefficient (Wildman–Crippen LogP) is 2.17. The van der Waals surface area contributed by atoms with Crippen LogP contribution in [0.15, 0.2) is 10.6 Å². The van der Waals surface area contributed by atoms with Crippen molar-refractivity contribution in [2.75, 3.05) is 0 Å². The number of hydrogen-bond donors (Lipinski definition) is 1. The fraction of sp³-hybridized carbons (Fsp3) is 0.636. The molecule has 0 spiro atoms. The number of thioether (sulfide) groups is 1. The number of fused-ring (bicyclic) bond motifs is 1. The Hall–Kier alpha value is -0.970. The Bertz CT molecular complexity index is 364. The topological polar surface area (TPSA) is 57.6 Å². The van der Waals surface area contributed by atoms with Gasteiger partial charge in [0.15, 0.2) is 0 Å². The molecule has 1 saturated heterocycles. The highest BCUT2D eigenvalue weighted by Crippen LogP contribution is 2.47. The minimum Gasteiger partial charge on any atom is -0.477 e. The van der Waals surface area contributed by atoms with Crippen LogP contribution in [0.5, 0.6) is 0 Å². The van der Waals surface area contributed by atoms with Gasteiger partial charge in [-0.25, -0.2) is 4.79 Å². The molecule has 0 aromatic rings. The molecule has 0 aromatic carbocycles. The molecule has 0 bridgehead atoms. The summed E-state index contributed by atoms with van der Waals surface area (Å²) in [5.74, 6) is -1.02. The van der Waals surface area contributed by atoms with E-state index >= 15 is 0 Å². The van der Waals surface area contributed by atoms with Crippen LogP contribution in [0.2, 0.25) is 0 Å². The van der Waals surface area contributed by atoms with Crippen LogP contribution in [-0.4, -0.2) is 27.3 Å². The number of hydrogen-bond acceptors (Lipinski definition) is 3. The van der Waals surface area contributed by atoms with E-state index in [4.69, 9.17) is 5.11 Å². The predicted molar refractivity (Wildman–Crippen MR) is 61.6 cm³/mol. The molecule has 2 aliphatic rings. The lowest BCUT2D eigenvalue weighted by atomic mass is 10.1. The SMILES string of the molecule is CCCCCC1=C(C(=O)O)N2C(=O)C[C@H]2S1. The molecule has 5 heteroatoms. The molecule has 4 nitrogen and oxygen atoms in total. The molecule has 2 heterocycles. The number of unbranched alkanes of at least 4 members (excludes halogenated alkanes) is 2. The summed E-state index contributed by atoms with van der Waals surface area (Å²) in [7, 11) is 0. The highest BCUT2D eigenvalue weighted by atomic mass is 32.2. The number of carboxylic acid groups (broad SMARTS) is 1. The number of carboxylic acids is 1. The standard InChI is InChI=1S/C11H15NO3S/c1-2-3-4-5-7-10(11(14)15)12-8(13)6-9(12)16-7/h9H,2-6H2,1H3,(H,14,15)/t9-/m1/s1. The molecule has 1 fully saturated rings. The van der Waals surface area contributed by atoms with Crippen LogP contribution in [0.4, 0.5) is 0 Å². The van der Waals surface area contributed by atoms with Crippen molar-refractivity contribution in [1.29, 1.82) is 0 Å². The molecule has 1 amide bonds. The van der Waals surface area contributed by atoms with Gasteiger partial charge in [-0.15, -0.1) is 11.8 Å². The number of allylic oxidation sites excluding steroid dienone is 1. The molecule has 0 aromatic heterocycles. The van der Waals surface area contributed by atoms with Crippen molar-refractivity contribution >= 4 is 23.6 Å². The Kier molecular flexibility index (Phi) is 3.23. The molecule has 0 radical (unpaired) electrons. The van der Waals surface area contributed by atoms with E-state index < -0.39 is 5.97 Å². The first kappa shape index (κ1) is 11.5. The zero-order chi connectivity index (χ0) is 11.7. The van der Waals surface area contributed by atoms with E-state index in [2.05, 4.69) is 6.92 Å². The summed E-state index contributed by atoms with van der Waals surface area (Å²) in [4.78, 5) is 24.8. The van der Waals surface area contributed by atoms with Crippen molar-refractivity contribution in [3.63, 3.8) is 0 Å². The number of carbonyl (C=O) groups excluding carboxylic acids is 1. The third-order valence-corrected chi connectivity index (χ3v) is 4.23. The van der Waals surface area contributed by atoms with Crippen molar-refractivity contribution in [3.8, 4) is 0 Å². The van der Waals surface area contributed by atoms with Crippen molar-refractivity contribution in [2.24, 2.45) is 0 Å². The van der Waals surface area contributed by atoms with Crippen molar-refractivity contribution in [2.45, 2.75) is 44.4 Å². The van der Waals surface area contributed by atoms with Crippen LogP contribution in [0.1, 0.15) is 39.0 Å². The summed E-state index contributed by atoms with van der Waals surface area (Å²) in [6.45, 7) is 2.12. The van der Waals surface area contributed by atoms with Crippen molar-refractivity contribution in [1.82, 2.24) is 4.90 Å². The average molecular weight is 241 g/mol. The normalized spacial score (nSPS) is 23.4. The zero-order valence-corrected chi connectivity index (χ0v) is 10.0. The van der Waals surface area contributed by atoms with Crippen molar-refractivity contribution in [3.05, 3.63) is 10.6 Å². The highest BCUT2D eigenvalue weighted by Gasteiger charge is 2.47. The van der Waals surface area contributed by atoms with Gasteiger partial charge < -0.3 is 5.11 Å². The number of carbonyl (C=O) groups is 2. The molecule has 88 valence electrons. The van der Waals surface area contributed by atoms with Crippen LogP contribution < -0.4 is 0 Å². The third-order valence-electron chi connectivity index (χ3n) is 2.90. The van der Waals surface area contributed by atoms with E-state index in [0.29, 0.717) is 6.42 Å². The van der Waals surface area contributed by atoms with Gasteiger partial charge in [0.05, 0.1) is 11.8 Å². The lowest BCUT2D eigenvalue weighted by Crippen LogP contribution is -2.48. The second-order valence-electron chi connectivity index (χ2n) is 4.07. The maximum atomic E-state index is 11.3. The Morgan fingerprint density at radius 2 is 2.31 bits per heavy atom. The van der Waals surface area contributed by atoms with Gasteiger partial charge in [0.25, 0.3) is 0 Å². The van der Waals surface area contributed by atoms with E-state index in [1.54, 1.807) is 11.8 Å². The van der Waals surface area contributed by atoms with E-state index in [-0.39, 0.29) is 17.0 Å². The first-order valence-electron chi connectivity index (χ1n) is 5.60. The number of aliphatic carboxylic acids is 1. The third kappa shape index (κ3) is 1.84. The quantitative estimate of drug-likeness (QED) is 0.592. The summed E-state index contributed by atoms with van der Waals surface area (Å²) >= 11 is 1.55. The van der Waals surface area contributed by atoms with Gasteiger partial charge in [0, 0.05) is 4.91 Å². The minimum atomic E-state index is -0.963. The second-order valence-corrected chi connectivity index (χ2v) is 5.35. The lowest BCUT2D eigenvalue weighted by molar-refractivity contribution is -0.145. The van der Waals surface area contributed by atoms with E-state index in [0.717, 1.165) is 30.6 Å². The first-order valence-corrected chi connectivity index (χ1v) is 6.48. The molecular formula is C11H15NO3S. The Morgan fingerprint density at radius 1 is 1.56 bits per heavy atom. The Morgan fingerprint density at radius 3 is 2.88 bits per heavy atom. The molecule has 1 N–H and O–H groups in total. The lowest BCUT2D eigenvalue weighted by Gasteiger charge is -2.33. The van der Waals surface area contributed by atoms with Crippen LogP contribution >= 0.6 is 11.8 Å². The van der Waals surface area contributed by atoms with Gasteiger partial charge in [-0.3, -0.25) is 9.69 Å². The molecule has 0 saturated carbocycles. The van der Waals surface area contributed by atoms with E-state index in [1.807, 2.05) is 0 Å². The molecule has 0 aliphatic carbocycles. The number of rotatable bonds is 5. The van der Waals surface area contributed by atoms with Gasteiger partial charge in [-0.05, 0) is 12.8 Å². The fourth-order valence-corrected chi connectivity index (χ4v) is 3.48. The van der Waals surface area contributed by atoms with Crippen LogP contribution in [0.3, 0.4) is 0 Å². The van der Waals surface area contributed by atoms with E-state index in [9.17, 15) is 9.59 Å². The van der Waals surface area contributed by atoms with Gasteiger partial charge in [0.2, 0.25) is 5.91 Å². The smallest absolute Gasteiger partial charge is 0.353 e. The maximum Gasteiger partial charge on any atom is 0.353 e. The largest absolute Gasteiger partial charge is 0.477 e. The second kappa shape index (κ2) is 4.49. The zero-order valence-electron chi connectivity index (χ0n) is 9.23. The summed E-state index contributed by atoms with van der Waals surface area (Å²) < 4.78 is 0. The van der Waals surface area contributed by atoms with Gasteiger partial charge in [0.1, 0.15) is 5.70 Å². The van der Waals surface area contributed by atoms with Crippen LogP contribution in [0.25, 0.3) is 0 Å². The number of nitrogens with zero attached hydrogens (tertiary/aromatic N) is 1. The van der Waals surface area contributed by atoms with Crippen LogP contribution in [0, 0.1) is 0 Å².